The number of fused-ring (bicyclic) bond motifs is 1. The maximum atomic E-state index is 12.3. The summed E-state index contributed by atoms with van der Waals surface area (Å²) in [6, 6.07) is -0.673. The third kappa shape index (κ3) is 3.01. The van der Waals surface area contributed by atoms with E-state index in [9.17, 15) is 14.7 Å². The van der Waals surface area contributed by atoms with Crippen LogP contribution in [0.2, 0.25) is 0 Å². The van der Waals surface area contributed by atoms with E-state index in [4.69, 9.17) is 4.74 Å². The minimum absolute atomic E-state index is 0.0460. The van der Waals surface area contributed by atoms with Crippen molar-refractivity contribution in [2.45, 2.75) is 70.6 Å². The second-order valence-electron chi connectivity index (χ2n) is 6.59. The van der Waals surface area contributed by atoms with Gasteiger partial charge in [0.15, 0.2) is 0 Å². The van der Waals surface area contributed by atoms with E-state index in [1.807, 2.05) is 0 Å². The fourth-order valence-corrected chi connectivity index (χ4v) is 3.26. The van der Waals surface area contributed by atoms with Crippen LogP contribution in [-0.4, -0.2) is 39.8 Å². The highest BCUT2D eigenvalue weighted by Gasteiger charge is 2.48. The highest BCUT2D eigenvalue weighted by molar-refractivity contribution is 5.81. The summed E-state index contributed by atoms with van der Waals surface area (Å²) in [5, 5.41) is 9.33. The van der Waals surface area contributed by atoms with E-state index in [1.54, 1.807) is 20.8 Å². The summed E-state index contributed by atoms with van der Waals surface area (Å²) in [4.78, 5) is 25.1. The number of likely N-dealkylation sites (tertiary alicyclic amines) is 1. The molecule has 0 aromatic heterocycles. The fourth-order valence-electron chi connectivity index (χ4n) is 3.26. The number of carboxylic acids is 1. The zero-order chi connectivity index (χ0) is 14.2. The molecule has 3 atom stereocenters. The molecule has 0 radical (unpaired) electrons. The van der Waals surface area contributed by atoms with Crippen LogP contribution in [0.5, 0.6) is 0 Å². The summed E-state index contributed by atoms with van der Waals surface area (Å²) in [5.74, 6) is -0.595. The number of hydrogen-bond acceptors (Lipinski definition) is 3. The molecule has 2 rings (SSSR count). The smallest absolute Gasteiger partial charge is 0.411 e. The van der Waals surface area contributed by atoms with Gasteiger partial charge in [-0.05, 0) is 46.0 Å². The van der Waals surface area contributed by atoms with E-state index >= 15 is 0 Å². The first-order chi connectivity index (χ1) is 8.79. The number of carbonyl (C=O) groups is 2. The quantitative estimate of drug-likeness (QED) is 0.794. The topological polar surface area (TPSA) is 66.8 Å². The number of ether oxygens (including phenoxy) is 1. The van der Waals surface area contributed by atoms with Crippen molar-refractivity contribution in [1.82, 2.24) is 4.90 Å². The summed E-state index contributed by atoms with van der Waals surface area (Å²) in [5.41, 5.74) is -0.590. The molecule has 0 bridgehead atoms. The van der Waals surface area contributed by atoms with Gasteiger partial charge in [-0.2, -0.15) is 0 Å². The first kappa shape index (κ1) is 14.2. The largest absolute Gasteiger partial charge is 0.480 e. The van der Waals surface area contributed by atoms with E-state index in [0.717, 1.165) is 25.7 Å². The molecule has 1 heterocycles. The van der Waals surface area contributed by atoms with Crippen LogP contribution in [0.1, 0.15) is 52.9 Å². The minimum Gasteiger partial charge on any atom is -0.480 e. The standard InChI is InChI=1S/C14H23NO4/c1-14(2,3)19-13(18)15-10-7-5-4-6-9(10)8-11(15)12(16)17/h9-11H,4-8H2,1-3H3,(H,16,17)/t9-,10+,11-/m1/s1. The van der Waals surface area contributed by atoms with Gasteiger partial charge in [0.1, 0.15) is 11.6 Å². The van der Waals surface area contributed by atoms with Gasteiger partial charge in [-0.1, -0.05) is 12.8 Å². The molecule has 1 N–H and O–H groups in total. The van der Waals surface area contributed by atoms with Crippen molar-refractivity contribution in [2.75, 3.05) is 0 Å². The highest BCUT2D eigenvalue weighted by Crippen LogP contribution is 2.40. The first-order valence-electron chi connectivity index (χ1n) is 7.04. The second kappa shape index (κ2) is 5.02. The molecule has 108 valence electrons. The van der Waals surface area contributed by atoms with Gasteiger partial charge in [0, 0.05) is 6.04 Å². The normalized spacial score (nSPS) is 30.9. The van der Waals surface area contributed by atoms with Crippen LogP contribution in [0, 0.1) is 5.92 Å². The van der Waals surface area contributed by atoms with Gasteiger partial charge in [-0.25, -0.2) is 9.59 Å². The van der Waals surface area contributed by atoms with Gasteiger partial charge < -0.3 is 9.84 Å². The van der Waals surface area contributed by atoms with Crippen molar-refractivity contribution >= 4 is 12.1 Å². The Labute approximate surface area is 113 Å². The molecule has 19 heavy (non-hydrogen) atoms. The van der Waals surface area contributed by atoms with Crippen molar-refractivity contribution in [3.8, 4) is 0 Å². The maximum absolute atomic E-state index is 12.3. The average Bonchev–Trinajstić information content (AvgIpc) is 2.65. The van der Waals surface area contributed by atoms with Crippen molar-refractivity contribution in [3.63, 3.8) is 0 Å². The number of amides is 1. The summed E-state index contributed by atoms with van der Waals surface area (Å²) in [6.45, 7) is 5.40. The Morgan fingerprint density at radius 1 is 1.21 bits per heavy atom. The van der Waals surface area contributed by atoms with Crippen molar-refractivity contribution in [1.29, 1.82) is 0 Å². The average molecular weight is 269 g/mol. The van der Waals surface area contributed by atoms with Crippen LogP contribution in [-0.2, 0) is 9.53 Å². The van der Waals surface area contributed by atoms with Crippen LogP contribution < -0.4 is 0 Å². The monoisotopic (exact) mass is 269 g/mol. The molecule has 1 saturated heterocycles. The highest BCUT2D eigenvalue weighted by atomic mass is 16.6. The molecule has 0 aromatic rings. The Kier molecular flexibility index (Phi) is 3.74. The number of carbonyl (C=O) groups excluding carboxylic acids is 1. The van der Waals surface area contributed by atoms with E-state index < -0.39 is 23.7 Å². The van der Waals surface area contributed by atoms with Crippen LogP contribution in [0.4, 0.5) is 4.79 Å². The van der Waals surface area contributed by atoms with Gasteiger partial charge >= 0.3 is 12.1 Å². The molecule has 0 aromatic carbocycles. The van der Waals surface area contributed by atoms with Crippen LogP contribution >= 0.6 is 0 Å². The lowest BCUT2D eigenvalue weighted by Gasteiger charge is -2.34. The van der Waals surface area contributed by atoms with Crippen molar-refractivity contribution < 1.29 is 19.4 Å². The molecule has 1 aliphatic heterocycles. The summed E-state index contributed by atoms with van der Waals surface area (Å²) >= 11 is 0. The van der Waals surface area contributed by atoms with Gasteiger partial charge in [0.25, 0.3) is 0 Å². The molecule has 5 nitrogen and oxygen atoms in total. The van der Waals surface area contributed by atoms with E-state index in [0.29, 0.717) is 12.3 Å². The minimum atomic E-state index is -0.916. The van der Waals surface area contributed by atoms with Crippen LogP contribution in [0.15, 0.2) is 0 Å². The molecule has 0 unspecified atom stereocenters. The Morgan fingerprint density at radius 3 is 2.42 bits per heavy atom. The zero-order valence-electron chi connectivity index (χ0n) is 11.9. The lowest BCUT2D eigenvalue weighted by Crippen LogP contribution is -2.48. The fraction of sp³-hybridized carbons (Fsp3) is 0.857. The van der Waals surface area contributed by atoms with E-state index in [1.165, 1.54) is 4.90 Å². The third-order valence-electron chi connectivity index (χ3n) is 3.98. The predicted molar refractivity (Wildman–Crippen MR) is 69.9 cm³/mol. The molecule has 1 saturated carbocycles. The van der Waals surface area contributed by atoms with Crippen LogP contribution in [0.3, 0.4) is 0 Å². The molecule has 5 heteroatoms. The Hall–Kier alpha value is -1.26. The van der Waals surface area contributed by atoms with E-state index in [2.05, 4.69) is 0 Å². The summed E-state index contributed by atoms with van der Waals surface area (Å²) in [7, 11) is 0. The number of hydrogen-bond donors (Lipinski definition) is 1. The molecule has 2 aliphatic rings. The SMILES string of the molecule is CC(C)(C)OC(=O)N1[C@@H](C(=O)O)C[C@H]2CCCC[C@@H]21. The van der Waals surface area contributed by atoms with Crippen molar-refractivity contribution in [3.05, 3.63) is 0 Å². The molecule has 1 amide bonds. The third-order valence-corrected chi connectivity index (χ3v) is 3.98. The van der Waals surface area contributed by atoms with E-state index in [-0.39, 0.29) is 6.04 Å². The number of rotatable bonds is 1. The Balaban J connectivity index is 2.17. The number of aliphatic carboxylic acids is 1. The Bertz CT molecular complexity index is 374. The zero-order valence-corrected chi connectivity index (χ0v) is 11.9. The van der Waals surface area contributed by atoms with Gasteiger partial charge in [0.2, 0.25) is 0 Å². The number of carboxylic acid groups (broad SMARTS) is 1. The summed E-state index contributed by atoms with van der Waals surface area (Å²) < 4.78 is 5.37. The first-order valence-corrected chi connectivity index (χ1v) is 7.04. The second-order valence-corrected chi connectivity index (χ2v) is 6.59. The Morgan fingerprint density at radius 2 is 1.84 bits per heavy atom. The maximum Gasteiger partial charge on any atom is 0.411 e. The van der Waals surface area contributed by atoms with Gasteiger partial charge in [0.05, 0.1) is 0 Å². The number of nitrogens with zero attached hydrogens (tertiary/aromatic N) is 1. The molecular weight excluding hydrogens is 246 g/mol. The van der Waals surface area contributed by atoms with Gasteiger partial charge in [-0.3, -0.25) is 4.90 Å². The van der Waals surface area contributed by atoms with Gasteiger partial charge in [-0.15, -0.1) is 0 Å². The molecule has 0 spiro atoms. The lowest BCUT2D eigenvalue weighted by molar-refractivity contribution is -0.142. The molecule has 2 fully saturated rings. The lowest BCUT2D eigenvalue weighted by atomic mass is 9.85. The van der Waals surface area contributed by atoms with Crippen molar-refractivity contribution in [2.24, 2.45) is 5.92 Å². The molecule has 1 aliphatic carbocycles. The summed E-state index contributed by atoms with van der Waals surface area (Å²) in [6.07, 6.45) is 4.21. The van der Waals surface area contributed by atoms with Crippen LogP contribution in [0.25, 0.3) is 0 Å². The predicted octanol–water partition coefficient (Wildman–Crippen LogP) is 2.64. The molecular formula is C14H23NO4.